The van der Waals surface area contributed by atoms with Crippen LogP contribution < -0.4 is 0 Å². The van der Waals surface area contributed by atoms with E-state index in [2.05, 4.69) is 48.5 Å². The number of carbonyl (C=O) groups is 4. The topological polar surface area (TPSA) is 237 Å². The first-order valence-corrected chi connectivity index (χ1v) is 39.8. The summed E-state index contributed by atoms with van der Waals surface area (Å²) in [6, 6.07) is 0. The van der Waals surface area contributed by atoms with E-state index in [0.717, 1.165) is 120 Å². The SMILES string of the molecule is CCCCCCCCCC(=O)OC[C@H](COP(=O)(O)OC[C@H](O)COP(=O)(O)OC[C@@H](COC(=O)CCCCCCCCCCCCCCC(C)C)OC(=O)CCCCCCCCCCCCCCCC(C)C)OC(=O)CCCCCCCCCCCC(C)C. The summed E-state index contributed by atoms with van der Waals surface area (Å²) < 4.78 is 68.2. The van der Waals surface area contributed by atoms with Gasteiger partial charge < -0.3 is 33.8 Å². The summed E-state index contributed by atoms with van der Waals surface area (Å²) in [4.78, 5) is 72.5. The van der Waals surface area contributed by atoms with E-state index < -0.39 is 97.5 Å². The summed E-state index contributed by atoms with van der Waals surface area (Å²) in [6.07, 6.45) is 45.9. The van der Waals surface area contributed by atoms with Gasteiger partial charge in [-0.1, -0.05) is 305 Å². The van der Waals surface area contributed by atoms with E-state index in [4.69, 9.17) is 37.0 Å². The number of ether oxygens (including phenoxy) is 4. The number of rotatable bonds is 69. The molecule has 0 aliphatic carbocycles. The Morgan fingerprint density at radius 2 is 0.511 bits per heavy atom. The van der Waals surface area contributed by atoms with E-state index >= 15 is 0 Å². The van der Waals surface area contributed by atoms with Crippen molar-refractivity contribution in [2.75, 3.05) is 39.6 Å². The molecule has 19 heteroatoms. The summed E-state index contributed by atoms with van der Waals surface area (Å²) in [5.74, 6) is 0.176. The Hall–Kier alpha value is -1.94. The number of esters is 4. The van der Waals surface area contributed by atoms with Crippen LogP contribution in [0.15, 0.2) is 0 Å². The Morgan fingerprint density at radius 3 is 0.756 bits per heavy atom. The molecule has 0 saturated heterocycles. The number of carbonyl (C=O) groups excluding carboxylic acids is 4. The van der Waals surface area contributed by atoms with Crippen LogP contribution >= 0.6 is 15.6 Å². The zero-order valence-electron chi connectivity index (χ0n) is 58.6. The molecule has 0 radical (unpaired) electrons. The Bertz CT molecular complexity index is 1770. The molecule has 2 unspecified atom stereocenters. The molecule has 5 atom stereocenters. The van der Waals surface area contributed by atoms with E-state index in [1.54, 1.807) is 0 Å². The van der Waals surface area contributed by atoms with Gasteiger partial charge in [0.05, 0.1) is 26.4 Å². The molecule has 0 heterocycles. The smallest absolute Gasteiger partial charge is 0.462 e. The van der Waals surface area contributed by atoms with E-state index in [0.29, 0.717) is 25.7 Å². The fourth-order valence-electron chi connectivity index (χ4n) is 10.7. The van der Waals surface area contributed by atoms with Crippen LogP contribution in [0.2, 0.25) is 0 Å². The maximum absolute atomic E-state index is 13.0. The average molecular weight is 1330 g/mol. The number of hydrogen-bond donors (Lipinski definition) is 3. The molecule has 0 bridgehead atoms. The molecule has 0 aromatic rings. The average Bonchev–Trinajstić information content (AvgIpc) is 2.82. The van der Waals surface area contributed by atoms with Gasteiger partial charge in [-0.05, 0) is 43.4 Å². The second-order valence-electron chi connectivity index (χ2n) is 27.1. The van der Waals surface area contributed by atoms with Gasteiger partial charge in [-0.25, -0.2) is 9.13 Å². The monoisotopic (exact) mass is 1320 g/mol. The van der Waals surface area contributed by atoms with Gasteiger partial charge in [0.2, 0.25) is 0 Å². The molecule has 534 valence electrons. The van der Waals surface area contributed by atoms with Crippen molar-refractivity contribution in [2.45, 2.75) is 375 Å². The van der Waals surface area contributed by atoms with Gasteiger partial charge in [0, 0.05) is 25.7 Å². The number of aliphatic hydroxyl groups excluding tert-OH is 1. The van der Waals surface area contributed by atoms with E-state index in [1.807, 2.05) is 0 Å². The van der Waals surface area contributed by atoms with Gasteiger partial charge in [0.15, 0.2) is 12.2 Å². The molecule has 0 spiro atoms. The number of unbranched alkanes of at least 4 members (excludes halogenated alkanes) is 37. The molecule has 3 N–H and O–H groups in total. The summed E-state index contributed by atoms with van der Waals surface area (Å²) >= 11 is 0. The minimum Gasteiger partial charge on any atom is -0.462 e. The van der Waals surface area contributed by atoms with E-state index in [1.165, 1.54) is 154 Å². The number of phosphoric ester groups is 2. The minimum absolute atomic E-state index is 0.105. The largest absolute Gasteiger partial charge is 0.472 e. The Kier molecular flexibility index (Phi) is 60.6. The third-order valence-electron chi connectivity index (χ3n) is 16.4. The molecule has 0 saturated carbocycles. The third kappa shape index (κ3) is 64.8. The van der Waals surface area contributed by atoms with Crippen molar-refractivity contribution in [3.8, 4) is 0 Å². The summed E-state index contributed by atoms with van der Waals surface area (Å²) in [5, 5.41) is 10.6. The van der Waals surface area contributed by atoms with Crippen LogP contribution in [-0.2, 0) is 65.4 Å². The van der Waals surface area contributed by atoms with Crippen molar-refractivity contribution in [1.29, 1.82) is 0 Å². The zero-order chi connectivity index (χ0) is 66.6. The molecular weight excluding hydrogens is 1190 g/mol. The lowest BCUT2D eigenvalue weighted by Gasteiger charge is -2.21. The number of hydrogen-bond acceptors (Lipinski definition) is 15. The highest BCUT2D eigenvalue weighted by Crippen LogP contribution is 2.45. The second-order valence-corrected chi connectivity index (χ2v) is 30.0. The van der Waals surface area contributed by atoms with E-state index in [9.17, 15) is 43.2 Å². The van der Waals surface area contributed by atoms with Crippen LogP contribution in [0.5, 0.6) is 0 Å². The molecule has 0 aliphatic rings. The predicted octanol–water partition coefficient (Wildman–Crippen LogP) is 20.2. The first-order valence-electron chi connectivity index (χ1n) is 36.8. The Balaban J connectivity index is 5.21. The summed E-state index contributed by atoms with van der Waals surface area (Å²) in [6.45, 7) is 11.8. The van der Waals surface area contributed by atoms with Gasteiger partial charge in [0.1, 0.15) is 19.3 Å². The number of phosphoric acid groups is 2. The lowest BCUT2D eigenvalue weighted by molar-refractivity contribution is -0.161. The highest BCUT2D eigenvalue weighted by Gasteiger charge is 2.30. The molecule has 0 amide bonds. The van der Waals surface area contributed by atoms with Crippen LogP contribution in [-0.4, -0.2) is 96.7 Å². The van der Waals surface area contributed by atoms with Gasteiger partial charge >= 0.3 is 39.5 Å². The Labute approximate surface area is 549 Å². The highest BCUT2D eigenvalue weighted by atomic mass is 31.2. The van der Waals surface area contributed by atoms with Gasteiger partial charge in [-0.15, -0.1) is 0 Å². The fraction of sp³-hybridized carbons (Fsp3) is 0.944. The summed E-state index contributed by atoms with van der Waals surface area (Å²) in [7, 11) is -9.90. The van der Waals surface area contributed by atoms with Crippen LogP contribution in [0.25, 0.3) is 0 Å². The van der Waals surface area contributed by atoms with Gasteiger partial charge in [0.25, 0.3) is 0 Å². The van der Waals surface area contributed by atoms with Crippen molar-refractivity contribution in [1.82, 2.24) is 0 Å². The maximum Gasteiger partial charge on any atom is 0.472 e. The molecule has 0 aromatic heterocycles. The molecule has 0 rings (SSSR count). The van der Waals surface area contributed by atoms with E-state index in [-0.39, 0.29) is 25.7 Å². The van der Waals surface area contributed by atoms with Crippen molar-refractivity contribution in [3.63, 3.8) is 0 Å². The van der Waals surface area contributed by atoms with Crippen LogP contribution in [0, 0.1) is 17.8 Å². The lowest BCUT2D eigenvalue weighted by atomic mass is 10.0. The zero-order valence-corrected chi connectivity index (χ0v) is 60.4. The van der Waals surface area contributed by atoms with Crippen molar-refractivity contribution >= 4 is 39.5 Å². The number of aliphatic hydroxyl groups is 1. The third-order valence-corrected chi connectivity index (χ3v) is 18.3. The lowest BCUT2D eigenvalue weighted by Crippen LogP contribution is -2.30. The Morgan fingerprint density at radius 1 is 0.300 bits per heavy atom. The predicted molar refractivity (Wildman–Crippen MR) is 363 cm³/mol. The standard InChI is InChI=1S/C71H138O17P2/c1-8-9-10-11-28-38-45-52-68(73)81-58-66(87-71(76)55-48-41-34-27-21-24-31-37-44-51-64(6)7)60-85-89(77,78)83-56-65(72)57-84-90(79,80)86-61-67(59-82-69(74)53-46-39-32-25-19-16-15-18-23-30-36-43-50-63(4)5)88-70(75)54-47-40-33-26-20-14-12-13-17-22-29-35-42-49-62(2)3/h62-67,72H,8-61H2,1-7H3,(H,77,78)(H,79,80)/t65-,66+,67+/m0/s1. The van der Waals surface area contributed by atoms with Gasteiger partial charge in [-0.3, -0.25) is 37.3 Å². The normalized spacial score (nSPS) is 14.2. The molecule has 0 aromatic carbocycles. The fourth-order valence-corrected chi connectivity index (χ4v) is 12.3. The van der Waals surface area contributed by atoms with Crippen molar-refractivity contribution in [2.24, 2.45) is 17.8 Å². The maximum atomic E-state index is 13.0. The second kappa shape index (κ2) is 61.9. The molecule has 0 fully saturated rings. The quantitative estimate of drug-likeness (QED) is 0.0222. The van der Waals surface area contributed by atoms with Crippen LogP contribution in [0.3, 0.4) is 0 Å². The van der Waals surface area contributed by atoms with Crippen LogP contribution in [0.1, 0.15) is 357 Å². The summed E-state index contributed by atoms with van der Waals surface area (Å²) in [5.41, 5.74) is 0. The van der Waals surface area contributed by atoms with Crippen LogP contribution in [0.4, 0.5) is 0 Å². The highest BCUT2D eigenvalue weighted by molar-refractivity contribution is 7.47. The molecular formula is C71H138O17P2. The molecule has 90 heavy (non-hydrogen) atoms. The minimum atomic E-state index is -4.95. The molecule has 17 nitrogen and oxygen atoms in total. The van der Waals surface area contributed by atoms with Crippen molar-refractivity contribution < 1.29 is 80.2 Å². The van der Waals surface area contributed by atoms with Gasteiger partial charge in [-0.2, -0.15) is 0 Å². The molecule has 0 aliphatic heterocycles. The van der Waals surface area contributed by atoms with Crippen molar-refractivity contribution in [3.05, 3.63) is 0 Å². The first-order chi connectivity index (χ1) is 43.2. The first kappa shape index (κ1) is 88.1.